The minimum Gasteiger partial charge on any atom is -0.327 e. The van der Waals surface area contributed by atoms with Crippen LogP contribution in [0.2, 0.25) is 0 Å². The van der Waals surface area contributed by atoms with Gasteiger partial charge in [-0.15, -0.1) is 0 Å². The second kappa shape index (κ2) is 4.75. The molecule has 0 saturated heterocycles. The van der Waals surface area contributed by atoms with Gasteiger partial charge in [0, 0.05) is 6.04 Å². The highest BCUT2D eigenvalue weighted by atomic mass is 19.1. The molecule has 1 unspecified atom stereocenters. The molecule has 0 spiro atoms. The van der Waals surface area contributed by atoms with Gasteiger partial charge in [0.15, 0.2) is 0 Å². The second-order valence-corrected chi connectivity index (χ2v) is 4.54. The summed E-state index contributed by atoms with van der Waals surface area (Å²) in [5.41, 5.74) is 7.16. The van der Waals surface area contributed by atoms with Crippen LogP contribution in [0.5, 0.6) is 0 Å². The van der Waals surface area contributed by atoms with Gasteiger partial charge in [-0.1, -0.05) is 25.0 Å². The van der Waals surface area contributed by atoms with Crippen LogP contribution in [-0.4, -0.2) is 6.04 Å². The molecule has 1 nitrogen and oxygen atoms in total. The van der Waals surface area contributed by atoms with Crippen LogP contribution < -0.4 is 5.73 Å². The van der Waals surface area contributed by atoms with E-state index in [0.717, 1.165) is 12.0 Å². The largest absolute Gasteiger partial charge is 0.327 e. The summed E-state index contributed by atoms with van der Waals surface area (Å²) >= 11 is 0. The van der Waals surface area contributed by atoms with Gasteiger partial charge < -0.3 is 5.73 Å². The summed E-state index contributed by atoms with van der Waals surface area (Å²) in [5.74, 6) is 0.486. The van der Waals surface area contributed by atoms with Gasteiger partial charge in [-0.05, 0) is 42.9 Å². The van der Waals surface area contributed by atoms with Gasteiger partial charge >= 0.3 is 0 Å². The highest BCUT2D eigenvalue weighted by Gasteiger charge is 2.21. The highest BCUT2D eigenvalue weighted by Crippen LogP contribution is 2.28. The summed E-state index contributed by atoms with van der Waals surface area (Å²) in [7, 11) is 0. The minimum atomic E-state index is -0.161. The summed E-state index contributed by atoms with van der Waals surface area (Å²) in [4.78, 5) is 0. The van der Waals surface area contributed by atoms with E-state index in [0.29, 0.717) is 5.92 Å². The molecule has 0 radical (unpaired) electrons. The van der Waals surface area contributed by atoms with E-state index in [1.807, 2.05) is 6.07 Å². The van der Waals surface area contributed by atoms with Crippen molar-refractivity contribution in [1.82, 2.24) is 0 Å². The Morgan fingerprint density at radius 3 is 2.73 bits per heavy atom. The number of benzene rings is 1. The maximum atomic E-state index is 13.0. The molecule has 1 aliphatic carbocycles. The van der Waals surface area contributed by atoms with Crippen molar-refractivity contribution >= 4 is 0 Å². The van der Waals surface area contributed by atoms with Gasteiger partial charge in [-0.3, -0.25) is 0 Å². The molecule has 15 heavy (non-hydrogen) atoms. The van der Waals surface area contributed by atoms with Crippen molar-refractivity contribution in [3.8, 4) is 0 Å². The monoisotopic (exact) mass is 207 g/mol. The summed E-state index contributed by atoms with van der Waals surface area (Å²) in [5, 5.41) is 0. The van der Waals surface area contributed by atoms with Crippen molar-refractivity contribution in [2.45, 2.75) is 38.1 Å². The molecule has 1 fully saturated rings. The van der Waals surface area contributed by atoms with Gasteiger partial charge in [0.1, 0.15) is 5.82 Å². The van der Waals surface area contributed by atoms with Crippen LogP contribution in [0, 0.1) is 11.7 Å². The van der Waals surface area contributed by atoms with E-state index in [1.54, 1.807) is 12.1 Å². The molecule has 2 N–H and O–H groups in total. The van der Waals surface area contributed by atoms with Gasteiger partial charge in [0.2, 0.25) is 0 Å². The molecule has 0 aromatic heterocycles. The van der Waals surface area contributed by atoms with Gasteiger partial charge in [-0.25, -0.2) is 4.39 Å². The molecule has 2 heteroatoms. The quantitative estimate of drug-likeness (QED) is 0.810. The lowest BCUT2D eigenvalue weighted by atomic mass is 9.93. The van der Waals surface area contributed by atoms with Crippen molar-refractivity contribution in [3.05, 3.63) is 35.6 Å². The first kappa shape index (κ1) is 10.6. The van der Waals surface area contributed by atoms with Crippen molar-refractivity contribution in [1.29, 1.82) is 0 Å². The molecule has 1 aliphatic rings. The van der Waals surface area contributed by atoms with E-state index >= 15 is 0 Å². The smallest absolute Gasteiger partial charge is 0.123 e. The second-order valence-electron chi connectivity index (χ2n) is 4.54. The predicted molar refractivity (Wildman–Crippen MR) is 60.0 cm³/mol. The van der Waals surface area contributed by atoms with Crippen LogP contribution in [-0.2, 0) is 6.42 Å². The van der Waals surface area contributed by atoms with E-state index < -0.39 is 0 Å². The zero-order valence-electron chi connectivity index (χ0n) is 8.95. The Kier molecular flexibility index (Phi) is 3.37. The molecule has 1 aromatic carbocycles. The van der Waals surface area contributed by atoms with Gasteiger partial charge in [0.25, 0.3) is 0 Å². The van der Waals surface area contributed by atoms with Gasteiger partial charge in [0.05, 0.1) is 0 Å². The average molecular weight is 207 g/mol. The fourth-order valence-corrected chi connectivity index (χ4v) is 2.49. The van der Waals surface area contributed by atoms with Gasteiger partial charge in [-0.2, -0.15) is 0 Å². The highest BCUT2D eigenvalue weighted by molar-refractivity contribution is 5.17. The third-order valence-corrected chi connectivity index (χ3v) is 3.37. The average Bonchev–Trinajstić information content (AvgIpc) is 2.70. The SMILES string of the molecule is NC(Cc1cccc(F)c1)C1CCCC1. The summed E-state index contributed by atoms with van der Waals surface area (Å²) in [6.45, 7) is 0. The Morgan fingerprint density at radius 1 is 1.33 bits per heavy atom. The van der Waals surface area contributed by atoms with Crippen molar-refractivity contribution in [2.75, 3.05) is 0 Å². The minimum absolute atomic E-state index is 0.161. The summed E-state index contributed by atoms with van der Waals surface area (Å²) < 4.78 is 13.0. The first-order chi connectivity index (χ1) is 7.25. The molecule has 82 valence electrons. The molecule has 1 saturated carbocycles. The molecular formula is C13H18FN. The number of halogens is 1. The standard InChI is InChI=1S/C13H18FN/c14-12-7-3-4-10(8-12)9-13(15)11-5-1-2-6-11/h3-4,7-8,11,13H,1-2,5-6,9,15H2. The molecule has 0 heterocycles. The number of hydrogen-bond donors (Lipinski definition) is 1. The lowest BCUT2D eigenvalue weighted by molar-refractivity contribution is 0.428. The molecule has 0 amide bonds. The number of rotatable bonds is 3. The van der Waals surface area contributed by atoms with E-state index in [9.17, 15) is 4.39 Å². The molecule has 2 rings (SSSR count). The van der Waals surface area contributed by atoms with Crippen LogP contribution in [0.1, 0.15) is 31.2 Å². The number of hydrogen-bond acceptors (Lipinski definition) is 1. The number of nitrogens with two attached hydrogens (primary N) is 1. The van der Waals surface area contributed by atoms with Crippen LogP contribution in [0.3, 0.4) is 0 Å². The molecule has 1 atom stereocenters. The molecule has 0 aliphatic heterocycles. The van der Waals surface area contributed by atoms with E-state index in [4.69, 9.17) is 5.73 Å². The van der Waals surface area contributed by atoms with Crippen LogP contribution in [0.15, 0.2) is 24.3 Å². The zero-order chi connectivity index (χ0) is 10.7. The van der Waals surface area contributed by atoms with E-state index in [1.165, 1.54) is 31.7 Å². The summed E-state index contributed by atoms with van der Waals surface area (Å²) in [6.07, 6.45) is 5.92. The summed E-state index contributed by atoms with van der Waals surface area (Å²) in [6, 6.07) is 6.98. The third kappa shape index (κ3) is 2.78. The third-order valence-electron chi connectivity index (χ3n) is 3.37. The zero-order valence-corrected chi connectivity index (χ0v) is 8.95. The van der Waals surface area contributed by atoms with Crippen molar-refractivity contribution in [2.24, 2.45) is 11.7 Å². The fourth-order valence-electron chi connectivity index (χ4n) is 2.49. The van der Waals surface area contributed by atoms with E-state index in [-0.39, 0.29) is 11.9 Å². The fraction of sp³-hybridized carbons (Fsp3) is 0.538. The Bertz CT molecular complexity index is 318. The molecule has 0 bridgehead atoms. The van der Waals surface area contributed by atoms with Crippen LogP contribution in [0.25, 0.3) is 0 Å². The van der Waals surface area contributed by atoms with Crippen LogP contribution in [0.4, 0.5) is 4.39 Å². The molecular weight excluding hydrogens is 189 g/mol. The maximum absolute atomic E-state index is 13.0. The molecule has 1 aromatic rings. The Morgan fingerprint density at radius 2 is 2.07 bits per heavy atom. The Balaban J connectivity index is 1.95. The topological polar surface area (TPSA) is 26.0 Å². The van der Waals surface area contributed by atoms with E-state index in [2.05, 4.69) is 0 Å². The lowest BCUT2D eigenvalue weighted by Gasteiger charge is -2.18. The van der Waals surface area contributed by atoms with Crippen molar-refractivity contribution < 1.29 is 4.39 Å². The maximum Gasteiger partial charge on any atom is 0.123 e. The lowest BCUT2D eigenvalue weighted by Crippen LogP contribution is -2.30. The Hall–Kier alpha value is -0.890. The first-order valence-electron chi connectivity index (χ1n) is 5.76. The Labute approximate surface area is 90.5 Å². The van der Waals surface area contributed by atoms with Crippen LogP contribution >= 0.6 is 0 Å². The predicted octanol–water partition coefficient (Wildman–Crippen LogP) is 2.89. The normalized spacial score (nSPS) is 19.3. The first-order valence-corrected chi connectivity index (χ1v) is 5.76. The van der Waals surface area contributed by atoms with Crippen molar-refractivity contribution in [3.63, 3.8) is 0 Å².